The molecule has 158 valence electrons. The van der Waals surface area contributed by atoms with Gasteiger partial charge in [-0.05, 0) is 48.5 Å². The van der Waals surface area contributed by atoms with Crippen molar-refractivity contribution in [1.82, 2.24) is 5.01 Å². The molecular weight excluding hydrogens is 463 g/mol. The lowest BCUT2D eigenvalue weighted by Crippen LogP contribution is -2.33. The molecule has 2 aliphatic rings. The third kappa shape index (κ3) is 3.53. The third-order valence-electron chi connectivity index (χ3n) is 5.60. The Labute approximate surface area is 188 Å². The first kappa shape index (κ1) is 19.9. The number of benzene rings is 3. The van der Waals surface area contributed by atoms with Crippen molar-refractivity contribution >= 4 is 21.6 Å². The average Bonchev–Trinajstić information content (AvgIpc) is 3.24. The van der Waals surface area contributed by atoms with Crippen molar-refractivity contribution in [2.75, 3.05) is 14.2 Å². The molecule has 0 spiro atoms. The van der Waals surface area contributed by atoms with Crippen molar-refractivity contribution in [3.63, 3.8) is 0 Å². The summed E-state index contributed by atoms with van der Waals surface area (Å²) >= 11 is 3.56. The van der Waals surface area contributed by atoms with Gasteiger partial charge < -0.3 is 14.2 Å². The summed E-state index contributed by atoms with van der Waals surface area (Å²) in [5.41, 5.74) is 3.61. The van der Waals surface area contributed by atoms with Gasteiger partial charge in [0, 0.05) is 27.6 Å². The lowest BCUT2D eigenvalue weighted by Gasteiger charge is -2.38. The first-order valence-corrected chi connectivity index (χ1v) is 10.7. The Hall–Kier alpha value is -3.06. The van der Waals surface area contributed by atoms with Crippen LogP contribution in [0.25, 0.3) is 0 Å². The molecule has 3 aromatic carbocycles. The summed E-state index contributed by atoms with van der Waals surface area (Å²) in [5, 5.41) is 6.84. The van der Waals surface area contributed by atoms with Gasteiger partial charge in [-0.15, -0.1) is 0 Å². The van der Waals surface area contributed by atoms with Gasteiger partial charge in [0.15, 0.2) is 11.5 Å². The zero-order valence-corrected chi connectivity index (χ0v) is 18.6. The zero-order chi connectivity index (χ0) is 21.5. The summed E-state index contributed by atoms with van der Waals surface area (Å²) in [6.07, 6.45) is 0.167. The van der Waals surface area contributed by atoms with Crippen LogP contribution in [0.2, 0.25) is 0 Å². The molecule has 7 heteroatoms. The summed E-state index contributed by atoms with van der Waals surface area (Å²) in [5.74, 6) is 1.79. The van der Waals surface area contributed by atoms with E-state index in [-0.39, 0.29) is 11.9 Å². The largest absolute Gasteiger partial charge is 0.493 e. The monoisotopic (exact) mass is 482 g/mol. The van der Waals surface area contributed by atoms with E-state index in [0.717, 1.165) is 32.6 Å². The Morgan fingerprint density at radius 2 is 1.87 bits per heavy atom. The molecule has 5 nitrogen and oxygen atoms in total. The zero-order valence-electron chi connectivity index (χ0n) is 17.0. The third-order valence-corrected chi connectivity index (χ3v) is 6.10. The van der Waals surface area contributed by atoms with E-state index in [1.807, 2.05) is 41.4 Å². The molecule has 0 bridgehead atoms. The Morgan fingerprint density at radius 3 is 2.65 bits per heavy atom. The van der Waals surface area contributed by atoms with Crippen LogP contribution in [0.15, 0.2) is 70.2 Å². The molecule has 0 fully saturated rings. The number of hydrogen-bond acceptors (Lipinski definition) is 5. The average molecular weight is 483 g/mol. The van der Waals surface area contributed by atoms with Crippen LogP contribution in [0.5, 0.6) is 17.2 Å². The fourth-order valence-corrected chi connectivity index (χ4v) is 4.51. The smallest absolute Gasteiger partial charge is 0.213 e. The van der Waals surface area contributed by atoms with Gasteiger partial charge in [0.25, 0.3) is 0 Å². The van der Waals surface area contributed by atoms with Gasteiger partial charge in [-0.2, -0.15) is 5.10 Å². The normalized spacial score (nSPS) is 19.2. The summed E-state index contributed by atoms with van der Waals surface area (Å²) in [6.45, 7) is 0. The van der Waals surface area contributed by atoms with Gasteiger partial charge in [-0.25, -0.2) is 9.40 Å². The van der Waals surface area contributed by atoms with E-state index in [1.54, 1.807) is 20.3 Å². The molecule has 0 radical (unpaired) electrons. The molecule has 2 atom stereocenters. The molecule has 0 amide bonds. The predicted molar refractivity (Wildman–Crippen MR) is 119 cm³/mol. The molecule has 3 aromatic rings. The van der Waals surface area contributed by atoms with Gasteiger partial charge >= 0.3 is 0 Å². The van der Waals surface area contributed by atoms with E-state index >= 15 is 0 Å². The van der Waals surface area contributed by atoms with Crippen molar-refractivity contribution in [3.8, 4) is 17.2 Å². The Morgan fingerprint density at radius 1 is 1.03 bits per heavy atom. The quantitative estimate of drug-likeness (QED) is 0.467. The molecule has 0 unspecified atom stereocenters. The Kier molecular flexibility index (Phi) is 5.06. The van der Waals surface area contributed by atoms with Crippen LogP contribution in [0.1, 0.15) is 35.4 Å². The van der Waals surface area contributed by atoms with E-state index in [9.17, 15) is 4.39 Å². The molecule has 0 aliphatic carbocycles. The van der Waals surface area contributed by atoms with Crippen LogP contribution >= 0.6 is 15.9 Å². The maximum atomic E-state index is 14.0. The molecular formula is C24H20BrFN2O3. The van der Waals surface area contributed by atoms with Crippen LogP contribution in [0.3, 0.4) is 0 Å². The molecule has 2 heterocycles. The molecule has 2 aliphatic heterocycles. The number of nitrogens with zero attached hydrogens (tertiary/aromatic N) is 2. The first-order valence-electron chi connectivity index (χ1n) is 9.87. The number of hydrogen-bond donors (Lipinski definition) is 0. The highest BCUT2D eigenvalue weighted by Gasteiger charge is 2.41. The highest BCUT2D eigenvalue weighted by atomic mass is 79.9. The predicted octanol–water partition coefficient (Wildman–Crippen LogP) is 5.85. The summed E-state index contributed by atoms with van der Waals surface area (Å²) in [6, 6.07) is 18.2. The van der Waals surface area contributed by atoms with Crippen molar-refractivity contribution in [2.24, 2.45) is 5.10 Å². The van der Waals surface area contributed by atoms with Crippen LogP contribution in [0.4, 0.5) is 4.39 Å². The number of hydrazone groups is 1. The minimum atomic E-state index is -0.521. The molecule has 31 heavy (non-hydrogen) atoms. The maximum absolute atomic E-state index is 14.0. The van der Waals surface area contributed by atoms with Crippen LogP contribution < -0.4 is 14.2 Å². The van der Waals surface area contributed by atoms with Gasteiger partial charge in [-0.3, -0.25) is 0 Å². The van der Waals surface area contributed by atoms with E-state index in [2.05, 4.69) is 22.0 Å². The van der Waals surface area contributed by atoms with E-state index in [1.165, 1.54) is 12.1 Å². The second-order valence-corrected chi connectivity index (χ2v) is 8.34. The Balaban J connectivity index is 1.59. The first-order chi connectivity index (χ1) is 15.1. The number of ether oxygens (including phenoxy) is 3. The molecule has 0 saturated carbocycles. The number of fused-ring (bicyclic) bond motifs is 3. The fraction of sp³-hybridized carbons (Fsp3) is 0.208. The molecule has 5 rings (SSSR count). The van der Waals surface area contributed by atoms with Crippen LogP contribution in [-0.2, 0) is 0 Å². The molecule has 0 N–H and O–H groups in total. The van der Waals surface area contributed by atoms with E-state index in [4.69, 9.17) is 19.3 Å². The second-order valence-electron chi connectivity index (χ2n) is 7.42. The Bertz CT molecular complexity index is 1180. The lowest BCUT2D eigenvalue weighted by molar-refractivity contribution is -0.0192. The van der Waals surface area contributed by atoms with Gasteiger partial charge in [0.05, 0.1) is 26.0 Å². The van der Waals surface area contributed by atoms with E-state index < -0.39 is 6.23 Å². The maximum Gasteiger partial charge on any atom is 0.213 e. The highest BCUT2D eigenvalue weighted by molar-refractivity contribution is 9.10. The minimum Gasteiger partial charge on any atom is -0.493 e. The van der Waals surface area contributed by atoms with E-state index in [0.29, 0.717) is 17.9 Å². The van der Waals surface area contributed by atoms with Crippen molar-refractivity contribution < 1.29 is 18.6 Å². The second kappa shape index (κ2) is 7.89. The number of methoxy groups -OCH3 is 2. The fourth-order valence-electron chi connectivity index (χ4n) is 4.13. The summed E-state index contributed by atoms with van der Waals surface area (Å²) < 4.78 is 32.1. The van der Waals surface area contributed by atoms with Crippen molar-refractivity contribution in [3.05, 3.63) is 87.6 Å². The van der Waals surface area contributed by atoms with Gasteiger partial charge in [0.1, 0.15) is 11.6 Å². The minimum absolute atomic E-state index is 0.0300. The molecule has 0 saturated heterocycles. The summed E-state index contributed by atoms with van der Waals surface area (Å²) in [7, 11) is 3.23. The topological polar surface area (TPSA) is 43.3 Å². The SMILES string of the molecule is COc1ccc(C2=NN3[C@H](C2)c2cc(Br)ccc2O[C@H]3c2cccc(F)c2)cc1OC. The highest BCUT2D eigenvalue weighted by Crippen LogP contribution is 2.48. The van der Waals surface area contributed by atoms with Crippen molar-refractivity contribution in [2.45, 2.75) is 18.7 Å². The van der Waals surface area contributed by atoms with Gasteiger partial charge in [0.2, 0.25) is 6.23 Å². The van der Waals surface area contributed by atoms with Gasteiger partial charge in [-0.1, -0.05) is 28.1 Å². The number of rotatable bonds is 4. The summed E-state index contributed by atoms with van der Waals surface area (Å²) in [4.78, 5) is 0. The van der Waals surface area contributed by atoms with Crippen LogP contribution in [0, 0.1) is 5.82 Å². The van der Waals surface area contributed by atoms with Crippen LogP contribution in [-0.4, -0.2) is 24.9 Å². The van der Waals surface area contributed by atoms with Crippen molar-refractivity contribution in [1.29, 1.82) is 0 Å². The lowest BCUT2D eigenvalue weighted by atomic mass is 9.95. The standard InChI is InChI=1S/C24H20BrFN2O3/c1-29-22-8-6-14(11-23(22)30-2)19-13-20-18-12-16(25)7-9-21(18)31-24(28(20)27-19)15-4-3-5-17(26)10-15/h3-12,20,24H,13H2,1-2H3/t20-,24+/m1/s1. The molecule has 0 aromatic heterocycles. The number of halogens is 2.